The fourth-order valence-electron chi connectivity index (χ4n) is 2.58. The van der Waals surface area contributed by atoms with Crippen LogP contribution in [0, 0.1) is 5.41 Å². The van der Waals surface area contributed by atoms with Crippen molar-refractivity contribution in [3.63, 3.8) is 0 Å². The van der Waals surface area contributed by atoms with Crippen LogP contribution in [-0.2, 0) is 0 Å². The zero-order valence-electron chi connectivity index (χ0n) is 12.3. The van der Waals surface area contributed by atoms with Crippen LogP contribution >= 0.6 is 0 Å². The van der Waals surface area contributed by atoms with E-state index in [9.17, 15) is 0 Å². The highest BCUT2D eigenvalue weighted by molar-refractivity contribution is 5.63. The average Bonchev–Trinajstić information content (AvgIpc) is 2.40. The van der Waals surface area contributed by atoms with E-state index in [2.05, 4.69) is 34.4 Å². The minimum atomic E-state index is 0.474. The SMILES string of the molecule is CNc1ncnc(NC2CCC(C)(C)CC2)c1OC. The number of hydrogen-bond acceptors (Lipinski definition) is 5. The summed E-state index contributed by atoms with van der Waals surface area (Å²) in [5.74, 6) is 2.19. The fourth-order valence-corrected chi connectivity index (χ4v) is 2.58. The van der Waals surface area contributed by atoms with E-state index >= 15 is 0 Å². The van der Waals surface area contributed by atoms with E-state index in [1.807, 2.05) is 7.05 Å². The third-order valence-corrected chi connectivity index (χ3v) is 3.92. The van der Waals surface area contributed by atoms with Gasteiger partial charge in [-0.25, -0.2) is 9.97 Å². The van der Waals surface area contributed by atoms with Gasteiger partial charge in [-0.1, -0.05) is 13.8 Å². The summed E-state index contributed by atoms with van der Waals surface area (Å²) in [5.41, 5.74) is 0.476. The first-order chi connectivity index (χ1) is 9.05. The van der Waals surface area contributed by atoms with Crippen LogP contribution in [0.2, 0.25) is 0 Å². The van der Waals surface area contributed by atoms with Crippen molar-refractivity contribution in [1.82, 2.24) is 9.97 Å². The third kappa shape index (κ3) is 3.28. The molecule has 19 heavy (non-hydrogen) atoms. The first kappa shape index (κ1) is 13.9. The van der Waals surface area contributed by atoms with Gasteiger partial charge in [-0.3, -0.25) is 0 Å². The number of anilines is 2. The van der Waals surface area contributed by atoms with Gasteiger partial charge in [0.2, 0.25) is 5.75 Å². The van der Waals surface area contributed by atoms with Gasteiger partial charge >= 0.3 is 0 Å². The predicted octanol–water partition coefficient (Wildman–Crippen LogP) is 2.91. The molecule has 0 radical (unpaired) electrons. The highest BCUT2D eigenvalue weighted by Gasteiger charge is 2.27. The lowest BCUT2D eigenvalue weighted by atomic mass is 9.75. The molecule has 0 atom stereocenters. The Kier molecular flexibility index (Phi) is 4.12. The van der Waals surface area contributed by atoms with Crippen molar-refractivity contribution in [3.8, 4) is 5.75 Å². The lowest BCUT2D eigenvalue weighted by molar-refractivity contribution is 0.232. The van der Waals surface area contributed by atoms with Crippen molar-refractivity contribution >= 4 is 11.6 Å². The van der Waals surface area contributed by atoms with Crippen molar-refractivity contribution in [2.75, 3.05) is 24.8 Å². The Hall–Kier alpha value is -1.52. The van der Waals surface area contributed by atoms with E-state index in [1.165, 1.54) is 25.7 Å². The lowest BCUT2D eigenvalue weighted by Gasteiger charge is -2.35. The second kappa shape index (κ2) is 5.63. The first-order valence-electron chi connectivity index (χ1n) is 6.89. The maximum absolute atomic E-state index is 5.40. The monoisotopic (exact) mass is 264 g/mol. The Bertz CT molecular complexity index is 423. The highest BCUT2D eigenvalue weighted by Crippen LogP contribution is 2.37. The Labute approximate surface area is 115 Å². The number of hydrogen-bond donors (Lipinski definition) is 2. The van der Waals surface area contributed by atoms with Crippen LogP contribution < -0.4 is 15.4 Å². The van der Waals surface area contributed by atoms with Gasteiger partial charge in [-0.2, -0.15) is 0 Å². The minimum absolute atomic E-state index is 0.474. The van der Waals surface area contributed by atoms with Gasteiger partial charge in [0.05, 0.1) is 7.11 Å². The lowest BCUT2D eigenvalue weighted by Crippen LogP contribution is -2.30. The quantitative estimate of drug-likeness (QED) is 0.875. The average molecular weight is 264 g/mol. The Morgan fingerprint density at radius 2 is 1.84 bits per heavy atom. The summed E-state index contributed by atoms with van der Waals surface area (Å²) in [5, 5.41) is 6.52. The summed E-state index contributed by atoms with van der Waals surface area (Å²) < 4.78 is 5.40. The zero-order chi connectivity index (χ0) is 13.9. The topological polar surface area (TPSA) is 59.1 Å². The molecular formula is C14H24N4O. The Morgan fingerprint density at radius 1 is 1.21 bits per heavy atom. The Morgan fingerprint density at radius 3 is 2.42 bits per heavy atom. The van der Waals surface area contributed by atoms with E-state index in [4.69, 9.17) is 4.74 Å². The van der Waals surface area contributed by atoms with E-state index in [1.54, 1.807) is 13.4 Å². The summed E-state index contributed by atoms with van der Waals surface area (Å²) >= 11 is 0. The largest absolute Gasteiger partial charge is 0.490 e. The van der Waals surface area contributed by atoms with Crippen molar-refractivity contribution < 1.29 is 4.74 Å². The molecule has 2 N–H and O–H groups in total. The van der Waals surface area contributed by atoms with E-state index < -0.39 is 0 Å². The van der Waals surface area contributed by atoms with Crippen LogP contribution in [0.25, 0.3) is 0 Å². The van der Waals surface area contributed by atoms with Crippen LogP contribution in [0.5, 0.6) is 5.75 Å². The molecule has 0 aromatic carbocycles. The van der Waals surface area contributed by atoms with Crippen molar-refractivity contribution in [2.45, 2.75) is 45.6 Å². The van der Waals surface area contributed by atoms with Crippen LogP contribution in [0.15, 0.2) is 6.33 Å². The summed E-state index contributed by atoms with van der Waals surface area (Å²) in [4.78, 5) is 8.46. The molecule has 0 saturated heterocycles. The summed E-state index contributed by atoms with van der Waals surface area (Å²) in [6.07, 6.45) is 6.40. The second-order valence-electron chi connectivity index (χ2n) is 5.94. The van der Waals surface area contributed by atoms with Crippen molar-refractivity contribution in [1.29, 1.82) is 0 Å². The maximum Gasteiger partial charge on any atom is 0.204 e. The first-order valence-corrected chi connectivity index (χ1v) is 6.89. The van der Waals surface area contributed by atoms with Crippen molar-refractivity contribution in [2.24, 2.45) is 5.41 Å². The maximum atomic E-state index is 5.40. The molecule has 1 saturated carbocycles. The normalized spacial score (nSPS) is 18.9. The van der Waals surface area contributed by atoms with E-state index in [0.717, 1.165) is 11.6 Å². The molecular weight excluding hydrogens is 240 g/mol. The van der Waals surface area contributed by atoms with E-state index in [-0.39, 0.29) is 0 Å². The fraction of sp³-hybridized carbons (Fsp3) is 0.714. The molecule has 1 aromatic rings. The second-order valence-corrected chi connectivity index (χ2v) is 5.94. The minimum Gasteiger partial charge on any atom is -0.490 e. The summed E-state index contributed by atoms with van der Waals surface area (Å²) in [6.45, 7) is 4.68. The highest BCUT2D eigenvalue weighted by atomic mass is 16.5. The van der Waals surface area contributed by atoms with E-state index in [0.29, 0.717) is 17.2 Å². The van der Waals surface area contributed by atoms with Gasteiger partial charge in [0.25, 0.3) is 0 Å². The molecule has 0 amide bonds. The van der Waals surface area contributed by atoms with Crippen molar-refractivity contribution in [3.05, 3.63) is 6.33 Å². The molecule has 0 spiro atoms. The number of aromatic nitrogens is 2. The molecule has 0 aliphatic heterocycles. The standard InChI is InChI=1S/C14H24N4O/c1-14(2)7-5-10(6-8-14)18-13-11(19-4)12(15-3)16-9-17-13/h9-10H,5-8H2,1-4H3,(H2,15,16,17,18). The molecule has 0 bridgehead atoms. The number of ether oxygens (including phenoxy) is 1. The van der Waals surface area contributed by atoms with Crippen LogP contribution in [-0.4, -0.2) is 30.2 Å². The molecule has 1 aromatic heterocycles. The Balaban J connectivity index is 2.07. The van der Waals surface area contributed by atoms with Gasteiger partial charge in [0.1, 0.15) is 6.33 Å². The number of methoxy groups -OCH3 is 1. The van der Waals surface area contributed by atoms with Gasteiger partial charge in [-0.15, -0.1) is 0 Å². The van der Waals surface area contributed by atoms with Crippen LogP contribution in [0.3, 0.4) is 0 Å². The third-order valence-electron chi connectivity index (χ3n) is 3.92. The molecule has 1 heterocycles. The molecule has 1 fully saturated rings. The molecule has 1 aliphatic rings. The molecule has 5 heteroatoms. The number of nitrogens with one attached hydrogen (secondary N) is 2. The summed E-state index contributed by atoms with van der Waals surface area (Å²) in [7, 11) is 3.48. The number of nitrogens with zero attached hydrogens (tertiary/aromatic N) is 2. The number of rotatable bonds is 4. The van der Waals surface area contributed by atoms with Gasteiger partial charge in [0, 0.05) is 13.1 Å². The smallest absolute Gasteiger partial charge is 0.204 e. The van der Waals surface area contributed by atoms with Crippen LogP contribution in [0.4, 0.5) is 11.6 Å². The zero-order valence-corrected chi connectivity index (χ0v) is 12.3. The predicted molar refractivity (Wildman–Crippen MR) is 77.8 cm³/mol. The molecule has 5 nitrogen and oxygen atoms in total. The van der Waals surface area contributed by atoms with Gasteiger partial charge in [-0.05, 0) is 31.1 Å². The van der Waals surface area contributed by atoms with Gasteiger partial charge < -0.3 is 15.4 Å². The molecule has 1 aliphatic carbocycles. The summed E-state index contributed by atoms with van der Waals surface area (Å²) in [6, 6.07) is 0.474. The molecule has 106 valence electrons. The molecule has 2 rings (SSSR count). The molecule has 0 unspecified atom stereocenters. The van der Waals surface area contributed by atoms with Gasteiger partial charge in [0.15, 0.2) is 11.6 Å². The van der Waals surface area contributed by atoms with Crippen LogP contribution in [0.1, 0.15) is 39.5 Å².